The topological polar surface area (TPSA) is 35.2 Å². The van der Waals surface area contributed by atoms with Gasteiger partial charge in [0.15, 0.2) is 0 Å². The number of aryl methyl sites for hydroxylation is 1. The zero-order chi connectivity index (χ0) is 14.1. The van der Waals surface area contributed by atoms with Crippen molar-refractivity contribution >= 4 is 0 Å². The van der Waals surface area contributed by atoms with Crippen LogP contribution in [0.1, 0.15) is 51.7 Å². The van der Waals surface area contributed by atoms with Gasteiger partial charge in [0.1, 0.15) is 11.4 Å². The molecule has 0 spiro atoms. The van der Waals surface area contributed by atoms with Gasteiger partial charge in [0.05, 0.1) is 0 Å². The van der Waals surface area contributed by atoms with Crippen LogP contribution in [0.4, 0.5) is 0 Å². The normalized spacial score (nSPS) is 17.1. The van der Waals surface area contributed by atoms with E-state index in [1.807, 2.05) is 0 Å². The Balaban J connectivity index is 2.01. The summed E-state index contributed by atoms with van der Waals surface area (Å²) in [6, 6.07) is 6.66. The SMILES string of the molecule is CC(C)(CCN)CCc1ccc2c(c1)CC(C)(C)O2. The van der Waals surface area contributed by atoms with E-state index in [2.05, 4.69) is 45.9 Å². The summed E-state index contributed by atoms with van der Waals surface area (Å²) in [4.78, 5) is 0. The van der Waals surface area contributed by atoms with E-state index in [1.54, 1.807) is 0 Å². The molecule has 1 aromatic rings. The first-order valence-electron chi connectivity index (χ1n) is 7.32. The molecule has 2 rings (SSSR count). The summed E-state index contributed by atoms with van der Waals surface area (Å²) in [6.45, 7) is 9.69. The van der Waals surface area contributed by atoms with Gasteiger partial charge in [-0.2, -0.15) is 0 Å². The van der Waals surface area contributed by atoms with E-state index in [1.165, 1.54) is 17.5 Å². The molecule has 0 bridgehead atoms. The molecule has 0 saturated carbocycles. The lowest BCUT2D eigenvalue weighted by atomic mass is 9.83. The number of rotatable bonds is 5. The van der Waals surface area contributed by atoms with Crippen molar-refractivity contribution in [1.82, 2.24) is 0 Å². The highest BCUT2D eigenvalue weighted by molar-refractivity contribution is 5.41. The quantitative estimate of drug-likeness (QED) is 0.877. The average Bonchev–Trinajstić information content (AvgIpc) is 2.59. The minimum atomic E-state index is -0.0419. The fraction of sp³-hybridized carbons (Fsp3) is 0.647. The third-order valence-corrected chi connectivity index (χ3v) is 4.04. The summed E-state index contributed by atoms with van der Waals surface area (Å²) in [6.07, 6.45) is 4.42. The number of nitrogens with two attached hydrogens (primary N) is 1. The zero-order valence-electron chi connectivity index (χ0n) is 12.8. The van der Waals surface area contributed by atoms with Gasteiger partial charge in [0.25, 0.3) is 0 Å². The van der Waals surface area contributed by atoms with Crippen molar-refractivity contribution in [3.63, 3.8) is 0 Å². The zero-order valence-corrected chi connectivity index (χ0v) is 12.8. The van der Waals surface area contributed by atoms with Crippen molar-refractivity contribution in [2.75, 3.05) is 6.54 Å². The third-order valence-electron chi connectivity index (χ3n) is 4.04. The summed E-state index contributed by atoms with van der Waals surface area (Å²) in [5.74, 6) is 1.06. The molecule has 106 valence electrons. The van der Waals surface area contributed by atoms with Crippen LogP contribution in [0.2, 0.25) is 0 Å². The van der Waals surface area contributed by atoms with Gasteiger partial charge in [0, 0.05) is 6.42 Å². The molecule has 19 heavy (non-hydrogen) atoms. The van der Waals surface area contributed by atoms with Gasteiger partial charge in [-0.15, -0.1) is 0 Å². The highest BCUT2D eigenvalue weighted by Gasteiger charge is 2.29. The van der Waals surface area contributed by atoms with Gasteiger partial charge in [0.2, 0.25) is 0 Å². The number of hydrogen-bond donors (Lipinski definition) is 1. The van der Waals surface area contributed by atoms with Crippen molar-refractivity contribution in [1.29, 1.82) is 0 Å². The van der Waals surface area contributed by atoms with E-state index in [0.29, 0.717) is 5.41 Å². The molecule has 0 radical (unpaired) electrons. The fourth-order valence-electron chi connectivity index (χ4n) is 2.82. The van der Waals surface area contributed by atoms with E-state index in [4.69, 9.17) is 10.5 Å². The molecule has 2 N–H and O–H groups in total. The minimum absolute atomic E-state index is 0.0419. The molecule has 0 saturated heterocycles. The summed E-state index contributed by atoms with van der Waals surface area (Å²) in [5, 5.41) is 0. The Morgan fingerprint density at radius 3 is 2.68 bits per heavy atom. The van der Waals surface area contributed by atoms with Crippen LogP contribution in [0, 0.1) is 5.41 Å². The third kappa shape index (κ3) is 3.73. The first-order chi connectivity index (χ1) is 8.81. The smallest absolute Gasteiger partial charge is 0.123 e. The molecule has 0 fully saturated rings. The molecule has 1 aliphatic heterocycles. The maximum atomic E-state index is 5.92. The average molecular weight is 261 g/mol. The number of benzene rings is 1. The Morgan fingerprint density at radius 2 is 2.00 bits per heavy atom. The fourth-order valence-corrected chi connectivity index (χ4v) is 2.82. The maximum absolute atomic E-state index is 5.92. The van der Waals surface area contributed by atoms with Crippen molar-refractivity contribution in [2.24, 2.45) is 11.1 Å². The summed E-state index contributed by atoms with van der Waals surface area (Å²) >= 11 is 0. The highest BCUT2D eigenvalue weighted by atomic mass is 16.5. The number of ether oxygens (including phenoxy) is 1. The Labute approximate surface area is 117 Å². The predicted octanol–water partition coefficient (Wildman–Crippen LogP) is 3.71. The van der Waals surface area contributed by atoms with E-state index in [0.717, 1.165) is 31.6 Å². The monoisotopic (exact) mass is 261 g/mol. The van der Waals surface area contributed by atoms with E-state index < -0.39 is 0 Å². The molecule has 0 unspecified atom stereocenters. The molecular weight excluding hydrogens is 234 g/mol. The van der Waals surface area contributed by atoms with Gasteiger partial charge in [-0.25, -0.2) is 0 Å². The summed E-state index contributed by atoms with van der Waals surface area (Å²) in [5.41, 5.74) is 8.75. The Bertz CT molecular complexity index is 449. The van der Waals surface area contributed by atoms with E-state index >= 15 is 0 Å². The van der Waals surface area contributed by atoms with Crippen LogP contribution in [0.5, 0.6) is 5.75 Å². The molecular formula is C17H27NO. The van der Waals surface area contributed by atoms with Crippen LogP contribution in [0.25, 0.3) is 0 Å². The molecule has 0 aliphatic carbocycles. The van der Waals surface area contributed by atoms with Gasteiger partial charge in [-0.3, -0.25) is 0 Å². The van der Waals surface area contributed by atoms with Gasteiger partial charge >= 0.3 is 0 Å². The molecule has 1 aromatic carbocycles. The Morgan fingerprint density at radius 1 is 1.26 bits per heavy atom. The highest BCUT2D eigenvalue weighted by Crippen LogP contribution is 2.36. The molecule has 2 heteroatoms. The molecule has 0 aromatic heterocycles. The molecule has 1 aliphatic rings. The summed E-state index contributed by atoms with van der Waals surface area (Å²) in [7, 11) is 0. The molecule has 0 atom stereocenters. The first kappa shape index (κ1) is 14.4. The molecule has 2 nitrogen and oxygen atoms in total. The van der Waals surface area contributed by atoms with Crippen LogP contribution < -0.4 is 10.5 Å². The predicted molar refractivity (Wildman–Crippen MR) is 80.6 cm³/mol. The van der Waals surface area contributed by atoms with Crippen molar-refractivity contribution in [2.45, 2.75) is 59.0 Å². The lowest BCUT2D eigenvalue weighted by Crippen LogP contribution is -2.24. The van der Waals surface area contributed by atoms with Crippen LogP contribution in [-0.2, 0) is 12.8 Å². The second-order valence-electron chi connectivity index (χ2n) is 7.18. The Hall–Kier alpha value is -1.02. The van der Waals surface area contributed by atoms with Gasteiger partial charge < -0.3 is 10.5 Å². The lowest BCUT2D eigenvalue weighted by Gasteiger charge is -2.23. The second kappa shape index (κ2) is 5.16. The number of fused-ring (bicyclic) bond motifs is 1. The standard InChI is InChI=1S/C17H27NO/c1-16(2,9-10-18)8-7-13-5-6-15-14(11-13)12-17(3,4)19-15/h5-6,11H,7-10,12,18H2,1-4H3. The van der Waals surface area contributed by atoms with Crippen molar-refractivity contribution in [3.8, 4) is 5.75 Å². The van der Waals surface area contributed by atoms with Gasteiger partial charge in [-0.05, 0) is 62.3 Å². The van der Waals surface area contributed by atoms with Crippen molar-refractivity contribution < 1.29 is 4.74 Å². The van der Waals surface area contributed by atoms with Gasteiger partial charge in [-0.1, -0.05) is 26.0 Å². The summed E-state index contributed by atoms with van der Waals surface area (Å²) < 4.78 is 5.92. The number of hydrogen-bond acceptors (Lipinski definition) is 2. The minimum Gasteiger partial charge on any atom is -0.487 e. The van der Waals surface area contributed by atoms with Crippen LogP contribution in [-0.4, -0.2) is 12.1 Å². The molecule has 1 heterocycles. The van der Waals surface area contributed by atoms with Crippen LogP contribution in [0.3, 0.4) is 0 Å². The first-order valence-corrected chi connectivity index (χ1v) is 7.32. The second-order valence-corrected chi connectivity index (χ2v) is 7.18. The lowest BCUT2D eigenvalue weighted by molar-refractivity contribution is 0.138. The van der Waals surface area contributed by atoms with Crippen molar-refractivity contribution in [3.05, 3.63) is 29.3 Å². The Kier molecular flexibility index (Phi) is 3.91. The maximum Gasteiger partial charge on any atom is 0.123 e. The largest absolute Gasteiger partial charge is 0.487 e. The van der Waals surface area contributed by atoms with Crippen LogP contribution >= 0.6 is 0 Å². The van der Waals surface area contributed by atoms with Crippen LogP contribution in [0.15, 0.2) is 18.2 Å². The van der Waals surface area contributed by atoms with E-state index in [9.17, 15) is 0 Å². The molecule has 0 amide bonds. The van der Waals surface area contributed by atoms with E-state index in [-0.39, 0.29) is 5.60 Å².